The Morgan fingerprint density at radius 1 is 1.18 bits per heavy atom. The minimum atomic E-state index is -0.304. The molecule has 90 valence electrons. The Balaban J connectivity index is 1.65. The molecular weight excluding hydrogens is 217 g/mol. The predicted octanol–water partition coefficient (Wildman–Crippen LogP) is 2.74. The summed E-state index contributed by atoms with van der Waals surface area (Å²) in [6, 6.07) is 6.08. The molecule has 1 N–H and O–H groups in total. The molecule has 3 rings (SSSR count). The quantitative estimate of drug-likeness (QED) is 0.836. The number of benzene rings is 1. The van der Waals surface area contributed by atoms with Crippen LogP contribution in [0.3, 0.4) is 0 Å². The molecule has 2 fully saturated rings. The van der Waals surface area contributed by atoms with Gasteiger partial charge in [-0.05, 0) is 55.4 Å². The maximum Gasteiger partial charge on any atom is 0.251 e. The van der Waals surface area contributed by atoms with Gasteiger partial charge in [0.15, 0.2) is 0 Å². The second-order valence-electron chi connectivity index (χ2n) is 5.26. The van der Waals surface area contributed by atoms with Crippen LogP contribution in [-0.2, 0) is 0 Å². The molecule has 0 saturated heterocycles. The van der Waals surface area contributed by atoms with Gasteiger partial charge in [0.1, 0.15) is 5.82 Å². The molecule has 1 aromatic carbocycles. The maximum atomic E-state index is 12.7. The topological polar surface area (TPSA) is 29.1 Å². The predicted molar refractivity (Wildman–Crippen MR) is 63.1 cm³/mol. The molecular formula is C14H16FNO. The van der Waals surface area contributed by atoms with Crippen LogP contribution in [0.25, 0.3) is 0 Å². The Bertz CT molecular complexity index is 428. The number of hydrogen-bond acceptors (Lipinski definition) is 1. The summed E-state index contributed by atoms with van der Waals surface area (Å²) >= 11 is 0. The van der Waals surface area contributed by atoms with Gasteiger partial charge in [-0.2, -0.15) is 0 Å². The van der Waals surface area contributed by atoms with Crippen molar-refractivity contribution in [3.05, 3.63) is 35.6 Å². The van der Waals surface area contributed by atoms with Crippen LogP contribution in [0, 0.1) is 17.7 Å². The number of amides is 1. The Hall–Kier alpha value is -1.38. The summed E-state index contributed by atoms with van der Waals surface area (Å²) < 4.78 is 12.7. The van der Waals surface area contributed by atoms with Crippen molar-refractivity contribution in [3.8, 4) is 0 Å². The van der Waals surface area contributed by atoms with Crippen molar-refractivity contribution >= 4 is 5.91 Å². The third-order valence-electron chi connectivity index (χ3n) is 4.16. The van der Waals surface area contributed by atoms with E-state index >= 15 is 0 Å². The second-order valence-corrected chi connectivity index (χ2v) is 5.26. The highest BCUT2D eigenvalue weighted by molar-refractivity contribution is 5.94. The van der Waals surface area contributed by atoms with Gasteiger partial charge in [0.05, 0.1) is 0 Å². The molecule has 2 aliphatic rings. The molecule has 0 aromatic heterocycles. The van der Waals surface area contributed by atoms with Crippen LogP contribution in [-0.4, -0.2) is 11.9 Å². The molecule has 0 radical (unpaired) electrons. The maximum absolute atomic E-state index is 12.7. The third kappa shape index (κ3) is 2.06. The second kappa shape index (κ2) is 4.13. The Kier molecular flexibility index (Phi) is 2.61. The summed E-state index contributed by atoms with van der Waals surface area (Å²) in [7, 11) is 0. The monoisotopic (exact) mass is 233 g/mol. The number of nitrogens with one attached hydrogen (secondary N) is 1. The minimum Gasteiger partial charge on any atom is -0.349 e. The van der Waals surface area contributed by atoms with E-state index in [9.17, 15) is 9.18 Å². The molecule has 2 nitrogen and oxygen atoms in total. The van der Waals surface area contributed by atoms with Gasteiger partial charge in [-0.3, -0.25) is 4.79 Å². The summed E-state index contributed by atoms with van der Waals surface area (Å²) in [6.07, 6.45) is 4.97. The molecule has 0 unspecified atom stereocenters. The van der Waals surface area contributed by atoms with Gasteiger partial charge in [0.2, 0.25) is 0 Å². The lowest BCUT2D eigenvalue weighted by Gasteiger charge is -2.22. The summed E-state index contributed by atoms with van der Waals surface area (Å²) in [5.74, 6) is 1.12. The molecule has 17 heavy (non-hydrogen) atoms. The van der Waals surface area contributed by atoms with Gasteiger partial charge in [0, 0.05) is 11.6 Å². The average molecular weight is 233 g/mol. The van der Waals surface area contributed by atoms with Crippen LogP contribution < -0.4 is 5.32 Å². The van der Waals surface area contributed by atoms with Gasteiger partial charge >= 0.3 is 0 Å². The first-order chi connectivity index (χ1) is 8.22. The fourth-order valence-electron chi connectivity index (χ4n) is 3.27. The van der Waals surface area contributed by atoms with E-state index < -0.39 is 0 Å². The van der Waals surface area contributed by atoms with Gasteiger partial charge in [-0.15, -0.1) is 0 Å². The fraction of sp³-hybridized carbons (Fsp3) is 0.500. The molecule has 2 saturated carbocycles. The van der Waals surface area contributed by atoms with Crippen LogP contribution >= 0.6 is 0 Å². The van der Waals surface area contributed by atoms with Crippen molar-refractivity contribution in [3.63, 3.8) is 0 Å². The molecule has 3 heteroatoms. The van der Waals surface area contributed by atoms with E-state index in [4.69, 9.17) is 0 Å². The van der Waals surface area contributed by atoms with Crippen molar-refractivity contribution in [1.82, 2.24) is 5.32 Å². The van der Waals surface area contributed by atoms with Gasteiger partial charge < -0.3 is 5.32 Å². The summed E-state index contributed by atoms with van der Waals surface area (Å²) in [5.41, 5.74) is 0.550. The molecule has 0 heterocycles. The lowest BCUT2D eigenvalue weighted by Crippen LogP contribution is -2.38. The van der Waals surface area contributed by atoms with Crippen LogP contribution in [0.4, 0.5) is 4.39 Å². The first-order valence-electron chi connectivity index (χ1n) is 6.29. The molecule has 1 aromatic rings. The van der Waals surface area contributed by atoms with E-state index in [-0.39, 0.29) is 11.7 Å². The number of fused-ring (bicyclic) bond motifs is 2. The summed E-state index contributed by atoms with van der Waals surface area (Å²) in [6.45, 7) is 0. The zero-order valence-electron chi connectivity index (χ0n) is 9.66. The summed E-state index contributed by atoms with van der Waals surface area (Å²) in [4.78, 5) is 12.0. The van der Waals surface area contributed by atoms with E-state index in [1.165, 1.54) is 43.5 Å². The number of halogens is 1. The molecule has 3 atom stereocenters. The van der Waals surface area contributed by atoms with E-state index in [1.54, 1.807) is 0 Å². The van der Waals surface area contributed by atoms with Crippen LogP contribution in [0.5, 0.6) is 0 Å². The van der Waals surface area contributed by atoms with Crippen molar-refractivity contribution in [1.29, 1.82) is 0 Å². The lowest BCUT2D eigenvalue weighted by molar-refractivity contribution is 0.0923. The number of hydrogen-bond donors (Lipinski definition) is 1. The van der Waals surface area contributed by atoms with Crippen LogP contribution in [0.15, 0.2) is 24.3 Å². The largest absolute Gasteiger partial charge is 0.349 e. The molecule has 0 aliphatic heterocycles. The first kappa shape index (κ1) is 10.8. The van der Waals surface area contributed by atoms with Crippen LogP contribution in [0.1, 0.15) is 36.0 Å². The number of rotatable bonds is 2. The minimum absolute atomic E-state index is 0.0671. The zero-order valence-corrected chi connectivity index (χ0v) is 9.66. The smallest absolute Gasteiger partial charge is 0.251 e. The molecule has 1 amide bonds. The Labute approximate surface area is 100 Å². The normalized spacial score (nSPS) is 30.5. The standard InChI is InChI=1S/C14H16FNO/c15-12-5-3-10(4-6-12)14(17)16-13-8-9-1-2-11(13)7-9/h3-6,9,11,13H,1-2,7-8H2,(H,16,17)/t9-,11-,13+/m1/s1. The summed E-state index contributed by atoms with van der Waals surface area (Å²) in [5, 5.41) is 3.08. The van der Waals surface area contributed by atoms with E-state index in [1.807, 2.05) is 0 Å². The van der Waals surface area contributed by atoms with Gasteiger partial charge in [-0.25, -0.2) is 4.39 Å². The van der Waals surface area contributed by atoms with Gasteiger partial charge in [-0.1, -0.05) is 6.42 Å². The lowest BCUT2D eigenvalue weighted by atomic mass is 9.95. The highest BCUT2D eigenvalue weighted by Crippen LogP contribution is 2.44. The number of carbonyl (C=O) groups excluding carboxylic acids is 1. The zero-order chi connectivity index (χ0) is 11.8. The molecule has 0 spiro atoms. The van der Waals surface area contributed by atoms with E-state index in [0.29, 0.717) is 17.5 Å². The van der Waals surface area contributed by atoms with Crippen molar-refractivity contribution < 1.29 is 9.18 Å². The Morgan fingerprint density at radius 2 is 1.94 bits per heavy atom. The number of carbonyl (C=O) groups is 1. The van der Waals surface area contributed by atoms with Crippen molar-refractivity contribution in [2.45, 2.75) is 31.7 Å². The third-order valence-corrected chi connectivity index (χ3v) is 4.16. The van der Waals surface area contributed by atoms with Crippen molar-refractivity contribution in [2.75, 3.05) is 0 Å². The van der Waals surface area contributed by atoms with E-state index in [2.05, 4.69) is 5.32 Å². The van der Waals surface area contributed by atoms with Gasteiger partial charge in [0.25, 0.3) is 5.91 Å². The van der Waals surface area contributed by atoms with E-state index in [0.717, 1.165) is 12.3 Å². The van der Waals surface area contributed by atoms with Crippen molar-refractivity contribution in [2.24, 2.45) is 11.8 Å². The fourth-order valence-corrected chi connectivity index (χ4v) is 3.27. The first-order valence-corrected chi connectivity index (χ1v) is 6.29. The van der Waals surface area contributed by atoms with Crippen LogP contribution in [0.2, 0.25) is 0 Å². The average Bonchev–Trinajstić information content (AvgIpc) is 2.91. The molecule has 2 aliphatic carbocycles. The highest BCUT2D eigenvalue weighted by Gasteiger charge is 2.40. The Morgan fingerprint density at radius 3 is 2.53 bits per heavy atom. The highest BCUT2D eigenvalue weighted by atomic mass is 19.1. The SMILES string of the molecule is O=C(N[C@H]1C[C@@H]2CC[C@@H]1C2)c1ccc(F)cc1. The molecule has 2 bridgehead atoms.